The van der Waals surface area contributed by atoms with Gasteiger partial charge in [0.25, 0.3) is 0 Å². The summed E-state index contributed by atoms with van der Waals surface area (Å²) in [6, 6.07) is 6.74. The van der Waals surface area contributed by atoms with Crippen LogP contribution in [-0.4, -0.2) is 4.98 Å². The van der Waals surface area contributed by atoms with Gasteiger partial charge in [-0.05, 0) is 62.1 Å². The van der Waals surface area contributed by atoms with E-state index >= 15 is 0 Å². The molecule has 1 aliphatic rings. The molecule has 0 amide bonds. The van der Waals surface area contributed by atoms with E-state index in [1.165, 1.54) is 69.9 Å². The van der Waals surface area contributed by atoms with Crippen molar-refractivity contribution in [2.45, 2.75) is 65.7 Å². The minimum atomic E-state index is 1.09. The zero-order valence-corrected chi connectivity index (χ0v) is 15.4. The monoisotopic (exact) mass is 325 g/mol. The Labute approximate surface area is 144 Å². The van der Waals surface area contributed by atoms with Crippen molar-refractivity contribution in [2.75, 3.05) is 0 Å². The summed E-state index contributed by atoms with van der Waals surface area (Å²) in [6.07, 6.45) is 10.9. The van der Waals surface area contributed by atoms with Crippen molar-refractivity contribution < 1.29 is 0 Å². The van der Waals surface area contributed by atoms with Crippen LogP contribution in [0.25, 0.3) is 16.1 Å². The smallest absolute Gasteiger partial charge is 0.124 e. The normalized spacial score (nSPS) is 14.8. The van der Waals surface area contributed by atoms with Gasteiger partial charge in [-0.15, -0.1) is 11.3 Å². The molecule has 23 heavy (non-hydrogen) atoms. The Morgan fingerprint density at radius 1 is 1.13 bits per heavy atom. The molecule has 2 aromatic rings. The van der Waals surface area contributed by atoms with E-state index in [1.54, 1.807) is 0 Å². The number of hydrogen-bond donors (Lipinski definition) is 0. The van der Waals surface area contributed by atoms with Crippen LogP contribution in [0.3, 0.4) is 0 Å². The Kier molecular flexibility index (Phi) is 5.32. The third kappa shape index (κ3) is 3.42. The van der Waals surface area contributed by atoms with Gasteiger partial charge in [-0.3, -0.25) is 0 Å². The highest BCUT2D eigenvalue weighted by Gasteiger charge is 2.16. The average molecular weight is 326 g/mol. The lowest BCUT2D eigenvalue weighted by molar-refractivity contribution is 0.741. The molecule has 0 atom stereocenters. The van der Waals surface area contributed by atoms with Gasteiger partial charge in [0, 0.05) is 10.4 Å². The first-order valence-corrected chi connectivity index (χ1v) is 9.84. The fourth-order valence-electron chi connectivity index (χ4n) is 3.50. The summed E-state index contributed by atoms with van der Waals surface area (Å²) in [5.41, 5.74) is 7.02. The molecule has 0 saturated carbocycles. The minimum Gasteiger partial charge on any atom is -0.241 e. The molecule has 1 aromatic heterocycles. The molecule has 1 aliphatic carbocycles. The van der Waals surface area contributed by atoms with Crippen LogP contribution in [0.5, 0.6) is 0 Å². The summed E-state index contributed by atoms with van der Waals surface area (Å²) in [6.45, 7) is 6.75. The maximum Gasteiger partial charge on any atom is 0.124 e. The van der Waals surface area contributed by atoms with Gasteiger partial charge in [-0.2, -0.15) is 0 Å². The zero-order valence-electron chi connectivity index (χ0n) is 14.6. The average Bonchev–Trinajstić information content (AvgIpc) is 2.99. The molecule has 1 aromatic carbocycles. The van der Waals surface area contributed by atoms with E-state index in [-0.39, 0.29) is 0 Å². The van der Waals surface area contributed by atoms with Crippen molar-refractivity contribution >= 4 is 16.9 Å². The minimum absolute atomic E-state index is 1.09. The molecule has 0 radical (unpaired) electrons. The van der Waals surface area contributed by atoms with Gasteiger partial charge in [-0.1, -0.05) is 44.5 Å². The van der Waals surface area contributed by atoms with Gasteiger partial charge in [0.05, 0.1) is 5.69 Å². The highest BCUT2D eigenvalue weighted by Crippen LogP contribution is 2.36. The number of hydrogen-bond acceptors (Lipinski definition) is 2. The molecule has 0 bridgehead atoms. The summed E-state index contributed by atoms with van der Waals surface area (Å²) < 4.78 is 0. The number of thiazole rings is 1. The number of nitrogens with zero attached hydrogens (tertiary/aromatic N) is 1. The standard InChI is InChI=1S/C21H27NS/c1-4-10-19-20(5-2)23-21(22-19)18-14-9-13-17(15(18)3)16-11-7-6-8-12-16/h9,11,13-14H,4-8,10,12H2,1-3H3. The molecule has 3 rings (SSSR count). The van der Waals surface area contributed by atoms with Crippen molar-refractivity contribution in [3.05, 3.63) is 46.0 Å². The van der Waals surface area contributed by atoms with Crippen molar-refractivity contribution in [1.82, 2.24) is 4.98 Å². The summed E-state index contributed by atoms with van der Waals surface area (Å²) in [5, 5.41) is 1.21. The van der Waals surface area contributed by atoms with Crippen molar-refractivity contribution in [1.29, 1.82) is 0 Å². The summed E-state index contributed by atoms with van der Waals surface area (Å²) in [5.74, 6) is 0. The second-order valence-corrected chi connectivity index (χ2v) is 7.53. The van der Waals surface area contributed by atoms with Crippen LogP contribution in [0.1, 0.15) is 67.6 Å². The predicted octanol–water partition coefficient (Wildman–Crippen LogP) is 6.59. The Hall–Kier alpha value is -1.41. The number of aromatic nitrogens is 1. The van der Waals surface area contributed by atoms with E-state index in [9.17, 15) is 0 Å². The number of allylic oxidation sites excluding steroid dienone is 2. The van der Waals surface area contributed by atoms with Gasteiger partial charge in [0.1, 0.15) is 5.01 Å². The molecule has 122 valence electrons. The maximum atomic E-state index is 4.99. The van der Waals surface area contributed by atoms with E-state index in [2.05, 4.69) is 45.0 Å². The molecule has 1 nitrogen and oxygen atoms in total. The van der Waals surface area contributed by atoms with Crippen LogP contribution in [-0.2, 0) is 12.8 Å². The second-order valence-electron chi connectivity index (χ2n) is 6.45. The van der Waals surface area contributed by atoms with E-state index in [0.717, 1.165) is 12.8 Å². The molecule has 0 saturated heterocycles. The van der Waals surface area contributed by atoms with E-state index in [0.29, 0.717) is 0 Å². The van der Waals surface area contributed by atoms with Crippen molar-refractivity contribution in [3.8, 4) is 10.6 Å². The van der Waals surface area contributed by atoms with E-state index < -0.39 is 0 Å². The fourth-order valence-corrected chi connectivity index (χ4v) is 4.64. The zero-order chi connectivity index (χ0) is 16.2. The molecule has 2 heteroatoms. The Balaban J connectivity index is 2.02. The molecule has 0 spiro atoms. The third-order valence-corrected chi connectivity index (χ3v) is 6.06. The van der Waals surface area contributed by atoms with Crippen LogP contribution < -0.4 is 0 Å². The van der Waals surface area contributed by atoms with Crippen LogP contribution >= 0.6 is 11.3 Å². The predicted molar refractivity (Wildman–Crippen MR) is 102 cm³/mol. The van der Waals surface area contributed by atoms with E-state index in [1.807, 2.05) is 11.3 Å². The van der Waals surface area contributed by atoms with E-state index in [4.69, 9.17) is 4.98 Å². The first-order valence-electron chi connectivity index (χ1n) is 9.02. The van der Waals surface area contributed by atoms with Gasteiger partial charge in [0.2, 0.25) is 0 Å². The van der Waals surface area contributed by atoms with Crippen molar-refractivity contribution in [3.63, 3.8) is 0 Å². The second kappa shape index (κ2) is 7.44. The molecular weight excluding hydrogens is 298 g/mol. The lowest BCUT2D eigenvalue weighted by Gasteiger charge is -2.16. The van der Waals surface area contributed by atoms with Crippen LogP contribution in [0.15, 0.2) is 24.3 Å². The van der Waals surface area contributed by atoms with Gasteiger partial charge < -0.3 is 0 Å². The topological polar surface area (TPSA) is 12.9 Å². The Bertz CT molecular complexity index is 709. The quantitative estimate of drug-likeness (QED) is 0.604. The highest BCUT2D eigenvalue weighted by molar-refractivity contribution is 7.15. The van der Waals surface area contributed by atoms with Gasteiger partial charge in [0.15, 0.2) is 0 Å². The van der Waals surface area contributed by atoms with Gasteiger partial charge in [-0.25, -0.2) is 4.98 Å². The molecule has 0 N–H and O–H groups in total. The SMILES string of the molecule is CCCc1nc(-c2cccc(C3=CCCCC3)c2C)sc1CC. The molecule has 0 unspecified atom stereocenters. The number of benzene rings is 1. The molecule has 0 aliphatic heterocycles. The maximum absolute atomic E-state index is 4.99. The number of rotatable bonds is 5. The van der Waals surface area contributed by atoms with Crippen molar-refractivity contribution in [2.24, 2.45) is 0 Å². The molecule has 0 fully saturated rings. The lowest BCUT2D eigenvalue weighted by Crippen LogP contribution is -1.96. The van der Waals surface area contributed by atoms with Crippen LogP contribution in [0.2, 0.25) is 0 Å². The summed E-state index contributed by atoms with van der Waals surface area (Å²) in [7, 11) is 0. The summed E-state index contributed by atoms with van der Waals surface area (Å²) >= 11 is 1.89. The molecule has 1 heterocycles. The molecular formula is C21H27NS. The Morgan fingerprint density at radius 2 is 1.96 bits per heavy atom. The number of aryl methyl sites for hydroxylation is 2. The van der Waals surface area contributed by atoms with Gasteiger partial charge >= 0.3 is 0 Å². The fraction of sp³-hybridized carbons (Fsp3) is 0.476. The van der Waals surface area contributed by atoms with Crippen LogP contribution in [0, 0.1) is 6.92 Å². The lowest BCUT2D eigenvalue weighted by atomic mass is 9.89. The third-order valence-electron chi connectivity index (χ3n) is 4.79. The van der Waals surface area contributed by atoms with Crippen LogP contribution in [0.4, 0.5) is 0 Å². The Morgan fingerprint density at radius 3 is 2.65 bits per heavy atom. The highest BCUT2D eigenvalue weighted by atomic mass is 32.1. The largest absolute Gasteiger partial charge is 0.241 e. The summed E-state index contributed by atoms with van der Waals surface area (Å²) in [4.78, 5) is 6.45. The first-order chi connectivity index (χ1) is 11.2. The first kappa shape index (κ1) is 16.4.